The van der Waals surface area contributed by atoms with Crippen molar-refractivity contribution in [2.75, 3.05) is 19.8 Å². The molecule has 3 nitrogen and oxygen atoms in total. The van der Waals surface area contributed by atoms with Gasteiger partial charge in [-0.3, -0.25) is 0 Å². The molecule has 1 heterocycles. The summed E-state index contributed by atoms with van der Waals surface area (Å²) in [5, 5.41) is 18.0. The second kappa shape index (κ2) is 2.45. The summed E-state index contributed by atoms with van der Waals surface area (Å²) >= 11 is 0. The molecule has 1 saturated heterocycles. The average Bonchev–Trinajstić information content (AvgIpc) is 2.78. The number of aliphatic hydroxyl groups excluding tert-OH is 1. The van der Waals surface area contributed by atoms with Crippen LogP contribution in [0.15, 0.2) is 0 Å². The molecule has 3 heteroatoms. The third-order valence-electron chi connectivity index (χ3n) is 2.96. The van der Waals surface area contributed by atoms with Gasteiger partial charge in [0.1, 0.15) is 0 Å². The molecule has 0 bridgehead atoms. The number of hydrogen-bond donors (Lipinski definition) is 1. The van der Waals surface area contributed by atoms with Crippen molar-refractivity contribution in [1.29, 1.82) is 5.26 Å². The lowest BCUT2D eigenvalue weighted by Crippen LogP contribution is -2.47. The van der Waals surface area contributed by atoms with E-state index >= 15 is 0 Å². The van der Waals surface area contributed by atoms with Gasteiger partial charge in [0.25, 0.3) is 0 Å². The summed E-state index contributed by atoms with van der Waals surface area (Å²) in [4.78, 5) is 0. The van der Waals surface area contributed by atoms with Crippen molar-refractivity contribution >= 4 is 0 Å². The van der Waals surface area contributed by atoms with E-state index in [1.165, 1.54) is 0 Å². The van der Waals surface area contributed by atoms with Gasteiger partial charge in [0.05, 0.1) is 31.3 Å². The first kappa shape index (κ1) is 8.03. The van der Waals surface area contributed by atoms with Crippen molar-refractivity contribution in [1.82, 2.24) is 0 Å². The molecule has 0 radical (unpaired) electrons. The first-order chi connectivity index (χ1) is 5.74. The summed E-state index contributed by atoms with van der Waals surface area (Å²) in [5.41, 5.74) is -0.182. The molecule has 1 N–H and O–H groups in total. The van der Waals surface area contributed by atoms with Crippen molar-refractivity contribution in [3.05, 3.63) is 0 Å². The van der Waals surface area contributed by atoms with Gasteiger partial charge >= 0.3 is 0 Å². The Kier molecular flexibility index (Phi) is 1.64. The van der Waals surface area contributed by atoms with Crippen LogP contribution < -0.4 is 0 Å². The summed E-state index contributed by atoms with van der Waals surface area (Å²) in [5.74, 6) is 0. The van der Waals surface area contributed by atoms with E-state index in [2.05, 4.69) is 6.07 Å². The van der Waals surface area contributed by atoms with Gasteiger partial charge in [-0.25, -0.2) is 0 Å². The van der Waals surface area contributed by atoms with Crippen LogP contribution in [0.4, 0.5) is 0 Å². The summed E-state index contributed by atoms with van der Waals surface area (Å²) < 4.78 is 5.08. The summed E-state index contributed by atoms with van der Waals surface area (Å²) in [7, 11) is 0. The van der Waals surface area contributed by atoms with E-state index in [1.807, 2.05) is 0 Å². The lowest BCUT2D eigenvalue weighted by Gasteiger charge is -2.41. The zero-order chi connectivity index (χ0) is 8.66. The van der Waals surface area contributed by atoms with E-state index in [0.717, 1.165) is 19.3 Å². The van der Waals surface area contributed by atoms with Gasteiger partial charge in [0.15, 0.2) is 0 Å². The third kappa shape index (κ3) is 1.12. The van der Waals surface area contributed by atoms with Crippen molar-refractivity contribution in [3.8, 4) is 6.07 Å². The molecule has 0 aromatic heterocycles. The molecule has 2 fully saturated rings. The highest BCUT2D eigenvalue weighted by Crippen LogP contribution is 2.54. The van der Waals surface area contributed by atoms with Crippen molar-refractivity contribution in [2.45, 2.75) is 19.3 Å². The Hall–Kier alpha value is -0.590. The largest absolute Gasteiger partial charge is 0.396 e. The van der Waals surface area contributed by atoms with E-state index in [-0.39, 0.29) is 17.4 Å². The maximum Gasteiger partial charge on any atom is 0.0690 e. The molecule has 1 aliphatic heterocycles. The van der Waals surface area contributed by atoms with Crippen LogP contribution in [-0.4, -0.2) is 24.9 Å². The molecule has 2 aliphatic rings. The van der Waals surface area contributed by atoms with Crippen LogP contribution in [0.1, 0.15) is 19.3 Å². The number of rotatable bonds is 3. The van der Waals surface area contributed by atoms with Crippen LogP contribution in [0.3, 0.4) is 0 Å². The van der Waals surface area contributed by atoms with Gasteiger partial charge in [-0.2, -0.15) is 5.26 Å². The minimum absolute atomic E-state index is 0.0772. The Morgan fingerprint density at radius 1 is 1.42 bits per heavy atom. The van der Waals surface area contributed by atoms with Crippen molar-refractivity contribution in [2.24, 2.45) is 10.8 Å². The molecule has 1 saturated carbocycles. The van der Waals surface area contributed by atoms with Crippen molar-refractivity contribution < 1.29 is 9.84 Å². The Bertz CT molecular complexity index is 218. The van der Waals surface area contributed by atoms with Crippen LogP contribution >= 0.6 is 0 Å². The molecule has 0 spiro atoms. The number of nitriles is 1. The highest BCUT2D eigenvalue weighted by Gasteiger charge is 2.52. The lowest BCUT2D eigenvalue weighted by atomic mass is 9.77. The number of nitrogens with zero attached hydrogens (tertiary/aromatic N) is 1. The van der Waals surface area contributed by atoms with E-state index in [4.69, 9.17) is 15.1 Å². The molecular formula is C9H13NO2. The summed E-state index contributed by atoms with van der Waals surface area (Å²) in [6.07, 6.45) is 2.84. The smallest absolute Gasteiger partial charge is 0.0690 e. The minimum atomic E-state index is -0.105. The third-order valence-corrected chi connectivity index (χ3v) is 2.96. The Balaban J connectivity index is 1.97. The highest BCUT2D eigenvalue weighted by atomic mass is 16.5. The summed E-state index contributed by atoms with van der Waals surface area (Å²) in [6, 6.07) is 2.34. The monoisotopic (exact) mass is 167 g/mol. The molecule has 0 aromatic rings. The van der Waals surface area contributed by atoms with E-state index in [9.17, 15) is 0 Å². The second-order valence-corrected chi connectivity index (χ2v) is 4.22. The molecule has 1 aliphatic carbocycles. The molecule has 66 valence electrons. The Morgan fingerprint density at radius 3 is 2.33 bits per heavy atom. The van der Waals surface area contributed by atoms with Gasteiger partial charge in [0, 0.05) is 5.41 Å². The van der Waals surface area contributed by atoms with Gasteiger partial charge in [-0.05, 0) is 19.3 Å². The first-order valence-electron chi connectivity index (χ1n) is 4.34. The van der Waals surface area contributed by atoms with Crippen LogP contribution in [0.25, 0.3) is 0 Å². The predicted molar refractivity (Wildman–Crippen MR) is 42.2 cm³/mol. The molecule has 2 rings (SSSR count). The second-order valence-electron chi connectivity index (χ2n) is 4.22. The van der Waals surface area contributed by atoms with Gasteiger partial charge in [-0.1, -0.05) is 0 Å². The fourth-order valence-corrected chi connectivity index (χ4v) is 1.84. The standard InChI is InChI=1S/C9H13NO2/c10-4-8(1-2-8)3-9(5-11)6-12-7-9/h11H,1-3,5-7H2. The van der Waals surface area contributed by atoms with E-state index in [1.54, 1.807) is 0 Å². The number of aliphatic hydroxyl groups is 1. The van der Waals surface area contributed by atoms with Gasteiger partial charge in [0.2, 0.25) is 0 Å². The lowest BCUT2D eigenvalue weighted by molar-refractivity contribution is -0.146. The quantitative estimate of drug-likeness (QED) is 0.672. The molecule has 0 amide bonds. The first-order valence-corrected chi connectivity index (χ1v) is 4.34. The van der Waals surface area contributed by atoms with Crippen LogP contribution in [0, 0.1) is 22.2 Å². The Morgan fingerprint density at radius 2 is 2.08 bits per heavy atom. The normalized spacial score (nSPS) is 28.7. The zero-order valence-corrected chi connectivity index (χ0v) is 7.05. The zero-order valence-electron chi connectivity index (χ0n) is 7.05. The molecular weight excluding hydrogens is 154 g/mol. The van der Waals surface area contributed by atoms with Crippen LogP contribution in [0.5, 0.6) is 0 Å². The topological polar surface area (TPSA) is 53.2 Å². The summed E-state index contributed by atoms with van der Waals surface area (Å²) in [6.45, 7) is 1.43. The van der Waals surface area contributed by atoms with E-state index < -0.39 is 0 Å². The highest BCUT2D eigenvalue weighted by molar-refractivity contribution is 5.13. The minimum Gasteiger partial charge on any atom is -0.396 e. The maximum atomic E-state index is 9.13. The Labute approximate surface area is 71.9 Å². The fraction of sp³-hybridized carbons (Fsp3) is 0.889. The average molecular weight is 167 g/mol. The van der Waals surface area contributed by atoms with Crippen LogP contribution in [-0.2, 0) is 4.74 Å². The van der Waals surface area contributed by atoms with Crippen molar-refractivity contribution in [3.63, 3.8) is 0 Å². The SMILES string of the molecule is N#CC1(CC2(CO)COC2)CC1. The predicted octanol–water partition coefficient (Wildman–Crippen LogP) is 0.689. The van der Waals surface area contributed by atoms with E-state index in [0.29, 0.717) is 13.2 Å². The molecule has 0 atom stereocenters. The van der Waals surface area contributed by atoms with Gasteiger partial charge in [-0.15, -0.1) is 0 Å². The molecule has 12 heavy (non-hydrogen) atoms. The molecule has 0 unspecified atom stereocenters. The fourth-order valence-electron chi connectivity index (χ4n) is 1.84. The number of hydrogen-bond acceptors (Lipinski definition) is 3. The molecule has 0 aromatic carbocycles. The van der Waals surface area contributed by atoms with Crippen LogP contribution in [0.2, 0.25) is 0 Å². The van der Waals surface area contributed by atoms with Gasteiger partial charge < -0.3 is 9.84 Å². The number of ether oxygens (including phenoxy) is 1. The maximum absolute atomic E-state index is 9.13.